The van der Waals surface area contributed by atoms with Gasteiger partial charge in [0.25, 0.3) is 5.91 Å². The molecule has 2 bridgehead atoms. The number of carbonyl (C=O) groups excluding carboxylic acids is 2. The fourth-order valence-corrected chi connectivity index (χ4v) is 5.46. The Labute approximate surface area is 201 Å². The van der Waals surface area contributed by atoms with Gasteiger partial charge in [0, 0.05) is 30.7 Å². The summed E-state index contributed by atoms with van der Waals surface area (Å²) < 4.78 is 40.5. The van der Waals surface area contributed by atoms with E-state index in [1.807, 2.05) is 6.92 Å². The second-order valence-electron chi connectivity index (χ2n) is 10.0. The minimum atomic E-state index is -3.73. The fraction of sp³-hybridized carbons (Fsp3) is 0.652. The van der Waals surface area contributed by atoms with Gasteiger partial charge in [-0.25, -0.2) is 0 Å². The molecule has 4 fully saturated rings. The van der Waals surface area contributed by atoms with Crippen LogP contribution in [0.3, 0.4) is 0 Å². The number of nitrogens with one attached hydrogen (secondary N) is 4. The zero-order chi connectivity index (χ0) is 24.8. The van der Waals surface area contributed by atoms with Gasteiger partial charge in [0.2, 0.25) is 5.91 Å². The van der Waals surface area contributed by atoms with Crippen molar-refractivity contribution in [2.24, 2.45) is 0 Å². The maximum Gasteiger partial charge on any atom is 0.586 e. The lowest BCUT2D eigenvalue weighted by Crippen LogP contribution is -2.71. The number of halogens is 2. The molecule has 2 heterocycles. The molecular weight excluding hydrogens is 466 g/mol. The van der Waals surface area contributed by atoms with Crippen molar-refractivity contribution in [3.8, 4) is 17.2 Å². The monoisotopic (exact) mass is 496 g/mol. The molecule has 1 aromatic rings. The summed E-state index contributed by atoms with van der Waals surface area (Å²) >= 11 is 0. The second kappa shape index (κ2) is 8.75. The van der Waals surface area contributed by atoms with Crippen LogP contribution in [0.1, 0.15) is 39.0 Å². The average molecular weight is 497 g/mol. The molecule has 3 aliphatic carbocycles. The number of fused-ring (bicyclic) bond motifs is 4. The molecule has 0 radical (unpaired) electrons. The highest BCUT2D eigenvalue weighted by molar-refractivity contribution is 5.83. The molecular formula is C23H30F2N4O6. The number of piperazine rings is 1. The molecule has 12 heteroatoms. The molecule has 192 valence electrons. The van der Waals surface area contributed by atoms with Gasteiger partial charge in [-0.05, 0) is 51.2 Å². The Morgan fingerprint density at radius 1 is 1.11 bits per heavy atom. The van der Waals surface area contributed by atoms with Crippen LogP contribution in [0.15, 0.2) is 18.2 Å². The summed E-state index contributed by atoms with van der Waals surface area (Å²) in [5, 5.41) is 23.5. The molecule has 10 nitrogen and oxygen atoms in total. The third-order valence-electron chi connectivity index (χ3n) is 7.50. The van der Waals surface area contributed by atoms with Crippen molar-refractivity contribution >= 4 is 11.8 Å². The van der Waals surface area contributed by atoms with Crippen LogP contribution in [0, 0.1) is 0 Å². The van der Waals surface area contributed by atoms with Crippen LogP contribution < -0.4 is 35.5 Å². The molecule has 35 heavy (non-hydrogen) atoms. The topological polar surface area (TPSA) is 130 Å². The zero-order valence-corrected chi connectivity index (χ0v) is 19.4. The van der Waals surface area contributed by atoms with Crippen molar-refractivity contribution in [2.75, 3.05) is 19.7 Å². The van der Waals surface area contributed by atoms with Crippen LogP contribution >= 0.6 is 0 Å². The lowest BCUT2D eigenvalue weighted by atomic mass is 9.59. The molecule has 2 aliphatic heterocycles. The third-order valence-corrected chi connectivity index (χ3v) is 7.50. The van der Waals surface area contributed by atoms with Crippen molar-refractivity contribution in [2.45, 2.75) is 74.6 Å². The number of aliphatic hydroxyl groups excluding tert-OH is 1. The number of amides is 2. The Bertz CT molecular complexity index is 992. The van der Waals surface area contributed by atoms with Crippen molar-refractivity contribution < 1.29 is 37.7 Å². The highest BCUT2D eigenvalue weighted by atomic mass is 19.3. The Morgan fingerprint density at radius 2 is 1.86 bits per heavy atom. The first kappa shape index (κ1) is 24.0. The normalized spacial score (nSPS) is 34.8. The van der Waals surface area contributed by atoms with Gasteiger partial charge in [0.15, 0.2) is 18.1 Å². The molecule has 5 aliphatic rings. The summed E-state index contributed by atoms with van der Waals surface area (Å²) in [6, 6.07) is 3.91. The van der Waals surface area contributed by atoms with Crippen LogP contribution in [0.25, 0.3) is 0 Å². The first-order chi connectivity index (χ1) is 16.6. The number of ether oxygens (including phenoxy) is 3. The standard InChI is InChI=1S/C23H30F2N4O6/c1-13-10-27-15(11-26-13)20(32)29-21-4-6-22(7-5-21,18(30)9-21)28-19(31)12-33-14-2-3-16-17(8-14)35-23(24,25)34-16/h2-3,8,13,15,18,26-27,30H,4-7,9-12H2,1H3,(H,28,31)(H,29,32)/t13?,15?,18-,21?,22?/m0/s1. The number of hydrogen-bond donors (Lipinski definition) is 5. The first-order valence-corrected chi connectivity index (χ1v) is 11.9. The van der Waals surface area contributed by atoms with Gasteiger partial charge in [0.05, 0.1) is 17.7 Å². The lowest BCUT2D eigenvalue weighted by Gasteiger charge is -2.56. The summed E-state index contributed by atoms with van der Waals surface area (Å²) in [5.41, 5.74) is -1.28. The highest BCUT2D eigenvalue weighted by Gasteiger charge is 2.55. The van der Waals surface area contributed by atoms with Gasteiger partial charge in [-0.3, -0.25) is 9.59 Å². The number of benzene rings is 1. The smallest absolute Gasteiger partial charge is 0.484 e. The number of carbonyl (C=O) groups is 2. The highest BCUT2D eigenvalue weighted by Crippen LogP contribution is 2.47. The quantitative estimate of drug-likeness (QED) is 0.382. The predicted molar refractivity (Wildman–Crippen MR) is 118 cm³/mol. The van der Waals surface area contributed by atoms with Crippen LogP contribution in [0.4, 0.5) is 8.78 Å². The van der Waals surface area contributed by atoms with E-state index in [9.17, 15) is 23.5 Å². The van der Waals surface area contributed by atoms with Gasteiger partial charge in [-0.15, -0.1) is 8.78 Å². The van der Waals surface area contributed by atoms with Crippen molar-refractivity contribution in [3.05, 3.63) is 18.2 Å². The van der Waals surface area contributed by atoms with E-state index in [-0.39, 0.29) is 35.8 Å². The summed E-state index contributed by atoms with van der Waals surface area (Å²) in [6.45, 7) is 2.96. The van der Waals surface area contributed by atoms with E-state index in [0.29, 0.717) is 51.2 Å². The molecule has 6 rings (SSSR count). The third kappa shape index (κ3) is 4.87. The summed E-state index contributed by atoms with van der Waals surface area (Å²) in [4.78, 5) is 25.4. The zero-order valence-electron chi connectivity index (χ0n) is 19.4. The Kier molecular flexibility index (Phi) is 6.01. The summed E-state index contributed by atoms with van der Waals surface area (Å²) in [7, 11) is 0. The van der Waals surface area contributed by atoms with E-state index < -0.39 is 29.4 Å². The van der Waals surface area contributed by atoms with E-state index in [1.54, 1.807) is 0 Å². The molecule has 1 saturated heterocycles. The molecule has 0 aromatic heterocycles. The molecule has 5 N–H and O–H groups in total. The largest absolute Gasteiger partial charge is 0.586 e. The summed E-state index contributed by atoms with van der Waals surface area (Å²) in [5.74, 6) is -0.623. The Balaban J connectivity index is 1.13. The fourth-order valence-electron chi connectivity index (χ4n) is 5.46. The van der Waals surface area contributed by atoms with E-state index >= 15 is 0 Å². The molecule has 3 atom stereocenters. The second-order valence-corrected chi connectivity index (χ2v) is 10.0. The molecule has 0 spiro atoms. The van der Waals surface area contributed by atoms with Gasteiger partial charge in [-0.2, -0.15) is 0 Å². The lowest BCUT2D eigenvalue weighted by molar-refractivity contribution is -0.286. The average Bonchev–Trinajstić information content (AvgIpc) is 3.12. The molecule has 3 saturated carbocycles. The molecule has 1 aromatic carbocycles. The van der Waals surface area contributed by atoms with Gasteiger partial charge < -0.3 is 40.6 Å². The maximum atomic E-state index is 13.2. The molecule has 2 amide bonds. The first-order valence-electron chi connectivity index (χ1n) is 11.9. The maximum absolute atomic E-state index is 13.2. The van der Waals surface area contributed by atoms with E-state index in [4.69, 9.17) is 4.74 Å². The Hall–Kier alpha value is -2.70. The van der Waals surface area contributed by atoms with E-state index in [1.165, 1.54) is 18.2 Å². The van der Waals surface area contributed by atoms with E-state index in [2.05, 4.69) is 30.7 Å². The van der Waals surface area contributed by atoms with Gasteiger partial charge in [0.1, 0.15) is 5.75 Å². The SMILES string of the molecule is CC1CNC(C(=O)NC23CCC(NC(=O)COc4ccc5c(c4)OC(F)(F)O5)(CC2)[C@@H](O)C3)CN1. The minimum absolute atomic E-state index is 0.0788. The van der Waals surface area contributed by atoms with Crippen LogP contribution in [-0.4, -0.2) is 72.2 Å². The van der Waals surface area contributed by atoms with Gasteiger partial charge >= 0.3 is 6.29 Å². The minimum Gasteiger partial charge on any atom is -0.484 e. The number of alkyl halides is 2. The number of hydrogen-bond acceptors (Lipinski definition) is 8. The van der Waals surface area contributed by atoms with Crippen LogP contribution in [0.2, 0.25) is 0 Å². The van der Waals surface area contributed by atoms with Crippen LogP contribution in [0.5, 0.6) is 17.2 Å². The predicted octanol–water partition coefficient (Wildman–Crippen LogP) is 0.385. The summed E-state index contributed by atoms with van der Waals surface area (Å²) in [6.07, 6.45) is -1.87. The van der Waals surface area contributed by atoms with Crippen molar-refractivity contribution in [1.82, 2.24) is 21.3 Å². The van der Waals surface area contributed by atoms with Crippen molar-refractivity contribution in [3.63, 3.8) is 0 Å². The van der Waals surface area contributed by atoms with Gasteiger partial charge in [-0.1, -0.05) is 0 Å². The molecule has 2 unspecified atom stereocenters. The van der Waals surface area contributed by atoms with Crippen molar-refractivity contribution in [1.29, 1.82) is 0 Å². The number of aliphatic hydroxyl groups is 1. The number of rotatable bonds is 6. The Morgan fingerprint density at radius 3 is 2.54 bits per heavy atom. The van der Waals surface area contributed by atoms with Crippen LogP contribution in [-0.2, 0) is 9.59 Å². The van der Waals surface area contributed by atoms with E-state index in [0.717, 1.165) is 0 Å².